The Morgan fingerprint density at radius 3 is 2.54 bits per heavy atom. The van der Waals surface area contributed by atoms with Crippen LogP contribution in [-0.4, -0.2) is 51.0 Å². The third kappa shape index (κ3) is 3.24. The SMILES string of the molecule is CC(=O)O[C@@H]1[C@@H](CO)O[C@@H](n2ccc(=O)[nH]c2=O)[C@]1(C)OC(C)=O. The minimum Gasteiger partial charge on any atom is -0.455 e. The number of aliphatic hydroxyl groups is 1. The molecule has 1 fully saturated rings. The first-order valence-corrected chi connectivity index (χ1v) is 7.13. The molecule has 1 aromatic rings. The van der Waals surface area contributed by atoms with Gasteiger partial charge in [0, 0.05) is 26.1 Å². The molecule has 1 aliphatic heterocycles. The van der Waals surface area contributed by atoms with Crippen LogP contribution in [0.2, 0.25) is 0 Å². The van der Waals surface area contributed by atoms with E-state index in [4.69, 9.17) is 14.2 Å². The van der Waals surface area contributed by atoms with Gasteiger partial charge in [-0.25, -0.2) is 4.79 Å². The number of ether oxygens (including phenoxy) is 3. The molecule has 0 radical (unpaired) electrons. The molecule has 0 amide bonds. The van der Waals surface area contributed by atoms with Crippen LogP contribution in [0.25, 0.3) is 0 Å². The van der Waals surface area contributed by atoms with Gasteiger partial charge in [0.05, 0.1) is 6.61 Å². The van der Waals surface area contributed by atoms with Crippen molar-refractivity contribution < 1.29 is 28.9 Å². The highest BCUT2D eigenvalue weighted by molar-refractivity contribution is 5.68. The van der Waals surface area contributed by atoms with E-state index in [1.54, 1.807) is 0 Å². The highest BCUT2D eigenvalue weighted by Crippen LogP contribution is 2.42. The van der Waals surface area contributed by atoms with Crippen LogP contribution in [0, 0.1) is 0 Å². The standard InChI is InChI=1S/C14H18N2O8/c1-7(18)22-11-9(6-17)23-12(14(11,3)24-8(2)19)16-5-4-10(20)15-13(16)21/h4-5,9,11-12,17H,6H2,1-3H3,(H,15,20,21)/t9-,11-,12-,14-/m1/s1. The highest BCUT2D eigenvalue weighted by atomic mass is 16.7. The summed E-state index contributed by atoms with van der Waals surface area (Å²) in [6.45, 7) is 3.18. The van der Waals surface area contributed by atoms with E-state index in [1.165, 1.54) is 6.92 Å². The third-order valence-corrected chi connectivity index (χ3v) is 3.64. The number of rotatable bonds is 4. The predicted octanol–water partition coefficient (Wildman–Crippen LogP) is -1.32. The summed E-state index contributed by atoms with van der Waals surface area (Å²) in [5.74, 6) is -1.37. The van der Waals surface area contributed by atoms with Gasteiger partial charge in [-0.3, -0.25) is 23.9 Å². The van der Waals surface area contributed by atoms with Crippen LogP contribution in [0.3, 0.4) is 0 Å². The zero-order chi connectivity index (χ0) is 18.1. The van der Waals surface area contributed by atoms with E-state index in [1.807, 2.05) is 0 Å². The zero-order valence-electron chi connectivity index (χ0n) is 13.3. The number of aromatic amines is 1. The Morgan fingerprint density at radius 2 is 2.04 bits per heavy atom. The smallest absolute Gasteiger partial charge is 0.330 e. The van der Waals surface area contributed by atoms with E-state index in [9.17, 15) is 24.3 Å². The van der Waals surface area contributed by atoms with Crippen molar-refractivity contribution in [2.45, 2.75) is 44.8 Å². The van der Waals surface area contributed by atoms with E-state index in [-0.39, 0.29) is 0 Å². The quantitative estimate of drug-likeness (QED) is 0.643. The van der Waals surface area contributed by atoms with Crippen molar-refractivity contribution in [3.63, 3.8) is 0 Å². The molecule has 0 unspecified atom stereocenters. The maximum absolute atomic E-state index is 12.0. The summed E-state index contributed by atoms with van der Waals surface area (Å²) in [5.41, 5.74) is -3.00. The van der Waals surface area contributed by atoms with Crippen LogP contribution in [0.5, 0.6) is 0 Å². The summed E-state index contributed by atoms with van der Waals surface area (Å²) >= 11 is 0. The molecular weight excluding hydrogens is 324 g/mol. The molecule has 0 saturated carbocycles. The molecule has 10 nitrogen and oxygen atoms in total. The number of carbonyl (C=O) groups is 2. The zero-order valence-corrected chi connectivity index (χ0v) is 13.3. The molecule has 1 aromatic heterocycles. The van der Waals surface area contributed by atoms with Crippen LogP contribution in [0.15, 0.2) is 21.9 Å². The number of aromatic nitrogens is 2. The lowest BCUT2D eigenvalue weighted by atomic mass is 9.95. The minimum absolute atomic E-state index is 0.538. The van der Waals surface area contributed by atoms with E-state index in [0.717, 1.165) is 30.7 Å². The van der Waals surface area contributed by atoms with Crippen LogP contribution < -0.4 is 11.2 Å². The first-order valence-electron chi connectivity index (χ1n) is 7.13. The second-order valence-corrected chi connectivity index (χ2v) is 5.53. The Morgan fingerprint density at radius 1 is 1.38 bits per heavy atom. The van der Waals surface area contributed by atoms with Crippen molar-refractivity contribution in [3.8, 4) is 0 Å². The number of H-pyrrole nitrogens is 1. The summed E-state index contributed by atoms with van der Waals surface area (Å²) in [6, 6.07) is 1.09. The largest absolute Gasteiger partial charge is 0.455 e. The van der Waals surface area contributed by atoms with Crippen LogP contribution in [0.4, 0.5) is 0 Å². The summed E-state index contributed by atoms with van der Waals surface area (Å²) in [6.07, 6.45) is -2.22. The predicted molar refractivity (Wildman–Crippen MR) is 78.0 cm³/mol. The molecule has 0 bridgehead atoms. The summed E-state index contributed by atoms with van der Waals surface area (Å²) in [4.78, 5) is 48.2. The molecule has 4 atom stereocenters. The Labute approximate surface area is 136 Å². The van der Waals surface area contributed by atoms with Crippen molar-refractivity contribution in [1.29, 1.82) is 0 Å². The lowest BCUT2D eigenvalue weighted by Crippen LogP contribution is -2.51. The fourth-order valence-corrected chi connectivity index (χ4v) is 2.76. The van der Waals surface area contributed by atoms with Crippen LogP contribution in [0.1, 0.15) is 27.0 Å². The Bertz CT molecular complexity index is 754. The van der Waals surface area contributed by atoms with Gasteiger partial charge in [0.15, 0.2) is 17.9 Å². The van der Waals surface area contributed by atoms with Crippen molar-refractivity contribution >= 4 is 11.9 Å². The molecule has 0 aliphatic carbocycles. The van der Waals surface area contributed by atoms with Crippen molar-refractivity contribution in [1.82, 2.24) is 9.55 Å². The van der Waals surface area contributed by atoms with Gasteiger partial charge >= 0.3 is 17.6 Å². The molecule has 24 heavy (non-hydrogen) atoms. The number of nitrogens with zero attached hydrogens (tertiary/aromatic N) is 1. The number of esters is 2. The fraction of sp³-hybridized carbons (Fsp3) is 0.571. The number of carbonyl (C=O) groups excluding carboxylic acids is 2. The van der Waals surface area contributed by atoms with Crippen molar-refractivity contribution in [2.75, 3.05) is 6.61 Å². The number of hydrogen-bond donors (Lipinski definition) is 2. The maximum atomic E-state index is 12.0. The first-order chi connectivity index (χ1) is 11.2. The van der Waals surface area contributed by atoms with Crippen molar-refractivity contribution in [3.05, 3.63) is 33.1 Å². The Balaban J connectivity index is 2.55. The van der Waals surface area contributed by atoms with Crippen molar-refractivity contribution in [2.24, 2.45) is 0 Å². The Hall–Kier alpha value is -2.46. The molecule has 1 aliphatic rings. The molecule has 2 N–H and O–H groups in total. The molecule has 2 heterocycles. The molecular formula is C14H18N2O8. The van der Waals surface area contributed by atoms with E-state index in [0.29, 0.717) is 0 Å². The number of aliphatic hydroxyl groups excluding tert-OH is 1. The second-order valence-electron chi connectivity index (χ2n) is 5.53. The minimum atomic E-state index is -1.59. The molecule has 2 rings (SSSR count). The fourth-order valence-electron chi connectivity index (χ4n) is 2.76. The van der Waals surface area contributed by atoms with Gasteiger partial charge in [-0.05, 0) is 6.92 Å². The van der Waals surface area contributed by atoms with Gasteiger partial charge in [0.25, 0.3) is 5.56 Å². The number of hydrogen-bond acceptors (Lipinski definition) is 8. The average molecular weight is 342 g/mol. The normalized spacial score (nSPS) is 29.2. The van der Waals surface area contributed by atoms with Gasteiger partial charge in [0.2, 0.25) is 0 Å². The number of nitrogens with one attached hydrogen (secondary N) is 1. The maximum Gasteiger partial charge on any atom is 0.330 e. The molecule has 10 heteroatoms. The van der Waals surface area contributed by atoms with E-state index >= 15 is 0 Å². The highest BCUT2D eigenvalue weighted by Gasteiger charge is 2.59. The van der Waals surface area contributed by atoms with E-state index in [2.05, 4.69) is 4.98 Å². The monoisotopic (exact) mass is 342 g/mol. The topological polar surface area (TPSA) is 137 Å². The summed E-state index contributed by atoms with van der Waals surface area (Å²) in [5, 5.41) is 9.49. The third-order valence-electron chi connectivity index (χ3n) is 3.64. The Kier molecular flexibility index (Phi) is 4.90. The van der Waals surface area contributed by atoms with Gasteiger partial charge in [0.1, 0.15) is 6.10 Å². The first kappa shape index (κ1) is 17.9. The van der Waals surface area contributed by atoms with Crippen LogP contribution >= 0.6 is 0 Å². The van der Waals surface area contributed by atoms with Gasteiger partial charge in [-0.2, -0.15) is 0 Å². The molecule has 1 saturated heterocycles. The van der Waals surface area contributed by atoms with Gasteiger partial charge < -0.3 is 19.3 Å². The average Bonchev–Trinajstić information content (AvgIpc) is 2.71. The molecule has 0 aromatic carbocycles. The van der Waals surface area contributed by atoms with Gasteiger partial charge in [-0.1, -0.05) is 0 Å². The lowest BCUT2D eigenvalue weighted by Gasteiger charge is -2.34. The summed E-state index contributed by atoms with van der Waals surface area (Å²) in [7, 11) is 0. The second kappa shape index (κ2) is 6.57. The lowest BCUT2D eigenvalue weighted by molar-refractivity contribution is -0.185. The summed E-state index contributed by atoms with van der Waals surface area (Å²) < 4.78 is 17.0. The van der Waals surface area contributed by atoms with Gasteiger partial charge in [-0.15, -0.1) is 0 Å². The molecule has 0 spiro atoms. The van der Waals surface area contributed by atoms with E-state index < -0.39 is 53.8 Å². The van der Waals surface area contributed by atoms with Crippen LogP contribution in [-0.2, 0) is 23.8 Å². The molecule has 132 valence electrons.